The molecule has 0 aliphatic rings. The van der Waals surface area contributed by atoms with Gasteiger partial charge in [0, 0.05) is 25.7 Å². The molecule has 0 saturated heterocycles. The molecule has 122 valence electrons. The van der Waals surface area contributed by atoms with Gasteiger partial charge in [0.2, 0.25) is 0 Å². The summed E-state index contributed by atoms with van der Waals surface area (Å²) in [6.07, 6.45) is 2.23. The summed E-state index contributed by atoms with van der Waals surface area (Å²) in [5, 5.41) is 15.0. The highest BCUT2D eigenvalue weighted by Crippen LogP contribution is 2.09. The molecule has 0 saturated carbocycles. The van der Waals surface area contributed by atoms with Crippen LogP contribution in [0, 0.1) is 23.1 Å². The number of aliphatic imine (C=N–C) groups is 1. The number of nitrogens with zero attached hydrogens (tertiary/aromatic N) is 2. The van der Waals surface area contributed by atoms with E-state index in [0.717, 1.165) is 19.4 Å². The van der Waals surface area contributed by atoms with Gasteiger partial charge in [0.15, 0.2) is 5.96 Å². The normalized spacial score (nSPS) is 10.8. The van der Waals surface area contributed by atoms with Crippen molar-refractivity contribution < 1.29 is 4.39 Å². The Labute approximate surface area is 149 Å². The molecule has 0 radical (unpaired) electrons. The van der Waals surface area contributed by atoms with E-state index in [1.54, 1.807) is 19.2 Å². The largest absolute Gasteiger partial charge is 0.356 e. The lowest BCUT2D eigenvalue weighted by Crippen LogP contribution is -2.37. The molecule has 2 N–H and O–H groups in total. The molecule has 0 aliphatic carbocycles. The predicted molar refractivity (Wildman–Crippen MR) is 98.8 cm³/mol. The van der Waals surface area contributed by atoms with Crippen molar-refractivity contribution in [3.63, 3.8) is 0 Å². The Morgan fingerprint density at radius 2 is 2.09 bits per heavy atom. The Morgan fingerprint density at radius 3 is 2.64 bits per heavy atom. The monoisotopic (exact) mass is 418 g/mol. The number of halogens is 2. The van der Waals surface area contributed by atoms with Gasteiger partial charge in [-0.25, -0.2) is 4.39 Å². The Morgan fingerprint density at radius 1 is 1.36 bits per heavy atom. The number of hydrogen-bond donors (Lipinski definition) is 2. The third-order valence-electron chi connectivity index (χ3n) is 3.10. The number of guanidine groups is 1. The van der Waals surface area contributed by atoms with E-state index >= 15 is 0 Å². The van der Waals surface area contributed by atoms with Crippen LogP contribution in [0.25, 0.3) is 0 Å². The quantitative estimate of drug-likeness (QED) is 0.322. The van der Waals surface area contributed by atoms with Gasteiger partial charge in [0.25, 0.3) is 0 Å². The maximum absolute atomic E-state index is 13.7. The Bertz CT molecular complexity index is 523. The molecule has 0 bridgehead atoms. The molecule has 0 heterocycles. The lowest BCUT2D eigenvalue weighted by molar-refractivity contribution is 0.549. The van der Waals surface area contributed by atoms with E-state index in [1.165, 1.54) is 6.07 Å². The summed E-state index contributed by atoms with van der Waals surface area (Å²) in [6.45, 7) is 5.57. The molecular formula is C16H24FIN4. The molecule has 0 amide bonds. The molecule has 1 aromatic carbocycles. The minimum Gasteiger partial charge on any atom is -0.356 e. The van der Waals surface area contributed by atoms with Gasteiger partial charge in [-0.1, -0.05) is 19.9 Å². The van der Waals surface area contributed by atoms with Gasteiger partial charge in [-0.2, -0.15) is 5.26 Å². The van der Waals surface area contributed by atoms with Gasteiger partial charge >= 0.3 is 0 Å². The fourth-order valence-corrected chi connectivity index (χ4v) is 1.88. The fraction of sp³-hybridized carbons (Fsp3) is 0.500. The van der Waals surface area contributed by atoms with E-state index in [1.807, 2.05) is 6.07 Å². The molecule has 0 aliphatic heterocycles. The van der Waals surface area contributed by atoms with Crippen LogP contribution in [0.5, 0.6) is 0 Å². The third-order valence-corrected chi connectivity index (χ3v) is 3.10. The van der Waals surface area contributed by atoms with Crippen LogP contribution in [0.2, 0.25) is 0 Å². The summed E-state index contributed by atoms with van der Waals surface area (Å²) in [4.78, 5) is 4.10. The SMILES string of the molecule is CN=C(NCCCC(C)C)NCc1ccc(C#N)cc1F.I. The zero-order chi connectivity index (χ0) is 15.7. The molecule has 6 heteroatoms. The lowest BCUT2D eigenvalue weighted by Gasteiger charge is -2.13. The molecule has 0 spiro atoms. The van der Waals surface area contributed by atoms with Crippen molar-refractivity contribution in [3.05, 3.63) is 35.1 Å². The zero-order valence-electron chi connectivity index (χ0n) is 13.3. The van der Waals surface area contributed by atoms with E-state index < -0.39 is 0 Å². The summed E-state index contributed by atoms with van der Waals surface area (Å²) in [5.41, 5.74) is 0.839. The van der Waals surface area contributed by atoms with Gasteiger partial charge in [-0.15, -0.1) is 24.0 Å². The fourth-order valence-electron chi connectivity index (χ4n) is 1.88. The minimum absolute atomic E-state index is 0. The van der Waals surface area contributed by atoms with E-state index in [0.29, 0.717) is 29.5 Å². The average molecular weight is 418 g/mol. The maximum Gasteiger partial charge on any atom is 0.191 e. The molecular weight excluding hydrogens is 394 g/mol. The lowest BCUT2D eigenvalue weighted by atomic mass is 10.1. The third kappa shape index (κ3) is 7.59. The molecule has 0 atom stereocenters. The number of benzene rings is 1. The molecule has 22 heavy (non-hydrogen) atoms. The predicted octanol–water partition coefficient (Wildman–Crippen LogP) is 3.42. The van der Waals surface area contributed by atoms with Crippen molar-refractivity contribution in [1.29, 1.82) is 5.26 Å². The highest BCUT2D eigenvalue weighted by molar-refractivity contribution is 14.0. The van der Waals surface area contributed by atoms with Crippen LogP contribution in [0.3, 0.4) is 0 Å². The van der Waals surface area contributed by atoms with Crippen molar-refractivity contribution >= 4 is 29.9 Å². The first-order valence-corrected chi connectivity index (χ1v) is 7.20. The molecule has 1 rings (SSSR count). The van der Waals surface area contributed by atoms with Gasteiger partial charge in [0.1, 0.15) is 5.82 Å². The van der Waals surface area contributed by atoms with Crippen LogP contribution >= 0.6 is 24.0 Å². The van der Waals surface area contributed by atoms with Crippen LogP contribution in [-0.4, -0.2) is 19.6 Å². The van der Waals surface area contributed by atoms with E-state index in [2.05, 4.69) is 29.5 Å². The van der Waals surface area contributed by atoms with Gasteiger partial charge in [0.05, 0.1) is 11.6 Å². The first-order valence-electron chi connectivity index (χ1n) is 7.20. The topological polar surface area (TPSA) is 60.2 Å². The number of nitriles is 1. The molecule has 4 nitrogen and oxygen atoms in total. The standard InChI is InChI=1S/C16H23FN4.HI/c1-12(2)5-4-8-20-16(19-3)21-11-14-7-6-13(10-18)9-15(14)17;/h6-7,9,12H,4-5,8,11H2,1-3H3,(H2,19,20,21);1H. The first kappa shape index (κ1) is 20.6. The van der Waals surface area contributed by atoms with Crippen molar-refractivity contribution in [2.75, 3.05) is 13.6 Å². The van der Waals surface area contributed by atoms with E-state index in [4.69, 9.17) is 5.26 Å². The summed E-state index contributed by atoms with van der Waals surface area (Å²) in [5.74, 6) is 0.967. The van der Waals surface area contributed by atoms with Crippen LogP contribution < -0.4 is 10.6 Å². The highest BCUT2D eigenvalue weighted by Gasteiger charge is 2.05. The first-order chi connectivity index (χ1) is 10.1. The van der Waals surface area contributed by atoms with E-state index in [9.17, 15) is 4.39 Å². The smallest absolute Gasteiger partial charge is 0.191 e. The summed E-state index contributed by atoms with van der Waals surface area (Å²) >= 11 is 0. The molecule has 0 aromatic heterocycles. The zero-order valence-corrected chi connectivity index (χ0v) is 15.6. The van der Waals surface area contributed by atoms with Gasteiger partial charge in [-0.3, -0.25) is 4.99 Å². The van der Waals surface area contributed by atoms with Crippen molar-refractivity contribution in [2.45, 2.75) is 33.2 Å². The van der Waals surface area contributed by atoms with Crippen LogP contribution in [0.4, 0.5) is 4.39 Å². The second-order valence-corrected chi connectivity index (χ2v) is 5.31. The summed E-state index contributed by atoms with van der Waals surface area (Å²) < 4.78 is 13.7. The van der Waals surface area contributed by atoms with Crippen molar-refractivity contribution in [1.82, 2.24) is 10.6 Å². The number of hydrogen-bond acceptors (Lipinski definition) is 2. The van der Waals surface area contributed by atoms with Crippen LogP contribution in [-0.2, 0) is 6.54 Å². The highest BCUT2D eigenvalue weighted by atomic mass is 127. The number of rotatable bonds is 6. The summed E-state index contributed by atoms with van der Waals surface area (Å²) in [6, 6.07) is 6.39. The van der Waals surface area contributed by atoms with Gasteiger partial charge < -0.3 is 10.6 Å². The van der Waals surface area contributed by atoms with Crippen molar-refractivity contribution in [2.24, 2.45) is 10.9 Å². The molecule has 0 fully saturated rings. The van der Waals surface area contributed by atoms with Crippen LogP contribution in [0.15, 0.2) is 23.2 Å². The molecule has 1 aromatic rings. The Hall–Kier alpha value is -1.36. The summed E-state index contributed by atoms with van der Waals surface area (Å²) in [7, 11) is 1.69. The van der Waals surface area contributed by atoms with E-state index in [-0.39, 0.29) is 29.8 Å². The number of nitrogens with one attached hydrogen (secondary N) is 2. The molecule has 0 unspecified atom stereocenters. The van der Waals surface area contributed by atoms with Crippen molar-refractivity contribution in [3.8, 4) is 6.07 Å². The van der Waals surface area contributed by atoms with Crippen LogP contribution in [0.1, 0.15) is 37.8 Å². The Balaban J connectivity index is 0.00000441. The second-order valence-electron chi connectivity index (χ2n) is 5.31. The maximum atomic E-state index is 13.7. The minimum atomic E-state index is -0.378. The average Bonchev–Trinajstić information content (AvgIpc) is 2.47. The second kappa shape index (κ2) is 11.2. The van der Waals surface area contributed by atoms with Gasteiger partial charge in [-0.05, 0) is 30.9 Å². The Kier molecular flexibility index (Phi) is 10.5.